The zero-order valence-electron chi connectivity index (χ0n) is 12.2. The molecule has 0 amide bonds. The van der Waals surface area contributed by atoms with Gasteiger partial charge < -0.3 is 10.1 Å². The minimum atomic E-state index is 0.0219. The third kappa shape index (κ3) is 8.12. The highest BCUT2D eigenvalue weighted by atomic mass is 16.5. The van der Waals surface area contributed by atoms with Crippen LogP contribution in [0.25, 0.3) is 0 Å². The van der Waals surface area contributed by atoms with Gasteiger partial charge in [-0.15, -0.1) is 0 Å². The quantitative estimate of drug-likeness (QED) is 0.610. The van der Waals surface area contributed by atoms with Gasteiger partial charge in [-0.1, -0.05) is 20.8 Å². The van der Waals surface area contributed by atoms with Crippen LogP contribution in [0.1, 0.15) is 60.3 Å². The van der Waals surface area contributed by atoms with Crippen molar-refractivity contribution in [3.8, 4) is 0 Å². The van der Waals surface area contributed by atoms with Gasteiger partial charge in [0.15, 0.2) is 0 Å². The summed E-state index contributed by atoms with van der Waals surface area (Å²) in [5.74, 6) is 0. The third-order valence-corrected chi connectivity index (χ3v) is 3.36. The Bertz CT molecular complexity index is 176. The van der Waals surface area contributed by atoms with Crippen molar-refractivity contribution in [2.75, 3.05) is 20.2 Å². The van der Waals surface area contributed by atoms with E-state index in [1.54, 1.807) is 7.11 Å². The van der Waals surface area contributed by atoms with Gasteiger partial charge in [0, 0.05) is 7.11 Å². The lowest BCUT2D eigenvalue weighted by atomic mass is 9.81. The van der Waals surface area contributed by atoms with Crippen LogP contribution in [0.5, 0.6) is 0 Å². The Balaban J connectivity index is 3.77. The first-order chi connectivity index (χ1) is 7.33. The second kappa shape index (κ2) is 7.29. The Morgan fingerprint density at radius 1 is 0.938 bits per heavy atom. The Hall–Kier alpha value is -0.0800. The monoisotopic (exact) mass is 229 g/mol. The molecule has 0 aromatic carbocycles. The van der Waals surface area contributed by atoms with Crippen molar-refractivity contribution in [1.29, 1.82) is 0 Å². The standard InChI is InChI=1S/C14H31NO/c1-7-11-15-12-10-13(2,3)8-9-14(4,5)16-6/h15H,7-12H2,1-6H3. The normalized spacial score (nSPS) is 13.1. The van der Waals surface area contributed by atoms with E-state index in [4.69, 9.17) is 4.74 Å². The van der Waals surface area contributed by atoms with E-state index in [1.165, 1.54) is 19.3 Å². The van der Waals surface area contributed by atoms with Crippen LogP contribution >= 0.6 is 0 Å². The fourth-order valence-electron chi connectivity index (χ4n) is 1.60. The van der Waals surface area contributed by atoms with E-state index in [0.717, 1.165) is 19.5 Å². The molecule has 0 saturated carbocycles. The topological polar surface area (TPSA) is 21.3 Å². The van der Waals surface area contributed by atoms with E-state index in [2.05, 4.69) is 39.9 Å². The van der Waals surface area contributed by atoms with Crippen LogP contribution in [0.15, 0.2) is 0 Å². The van der Waals surface area contributed by atoms with E-state index >= 15 is 0 Å². The van der Waals surface area contributed by atoms with Crippen LogP contribution in [0.2, 0.25) is 0 Å². The van der Waals surface area contributed by atoms with Crippen molar-refractivity contribution in [2.24, 2.45) is 5.41 Å². The molecule has 0 bridgehead atoms. The maximum Gasteiger partial charge on any atom is 0.0623 e. The van der Waals surface area contributed by atoms with Crippen molar-refractivity contribution in [2.45, 2.75) is 65.9 Å². The maximum atomic E-state index is 5.46. The lowest BCUT2D eigenvalue weighted by Gasteiger charge is -2.30. The van der Waals surface area contributed by atoms with E-state index in [9.17, 15) is 0 Å². The van der Waals surface area contributed by atoms with E-state index in [1.807, 2.05) is 0 Å². The van der Waals surface area contributed by atoms with Crippen LogP contribution in [-0.4, -0.2) is 25.8 Å². The molecule has 0 unspecified atom stereocenters. The smallest absolute Gasteiger partial charge is 0.0623 e. The maximum absolute atomic E-state index is 5.46. The SMILES string of the molecule is CCCNCCC(C)(C)CCC(C)(C)OC. The Labute approximate surface area is 102 Å². The highest BCUT2D eigenvalue weighted by molar-refractivity contribution is 4.76. The molecule has 0 aliphatic heterocycles. The summed E-state index contributed by atoms with van der Waals surface area (Å²) in [6.07, 6.45) is 4.82. The molecule has 0 aliphatic rings. The average molecular weight is 229 g/mol. The predicted octanol–water partition coefficient (Wildman–Crippen LogP) is 3.61. The summed E-state index contributed by atoms with van der Waals surface area (Å²) >= 11 is 0. The number of hydrogen-bond donors (Lipinski definition) is 1. The molecule has 2 heteroatoms. The first-order valence-corrected chi connectivity index (χ1v) is 6.59. The number of methoxy groups -OCH3 is 1. The molecule has 98 valence electrons. The minimum Gasteiger partial charge on any atom is -0.379 e. The second-order valence-electron chi connectivity index (χ2n) is 6.13. The van der Waals surface area contributed by atoms with Crippen LogP contribution < -0.4 is 5.32 Å². The number of rotatable bonds is 9. The van der Waals surface area contributed by atoms with Gasteiger partial charge in [0.25, 0.3) is 0 Å². The highest BCUT2D eigenvalue weighted by Gasteiger charge is 2.23. The Morgan fingerprint density at radius 3 is 2.06 bits per heavy atom. The van der Waals surface area contributed by atoms with Crippen LogP contribution in [0.3, 0.4) is 0 Å². The third-order valence-electron chi connectivity index (χ3n) is 3.36. The molecule has 2 nitrogen and oxygen atoms in total. The molecule has 0 spiro atoms. The zero-order chi connectivity index (χ0) is 12.7. The molecule has 0 heterocycles. The summed E-state index contributed by atoms with van der Waals surface area (Å²) in [5, 5.41) is 3.47. The molecular formula is C14H31NO. The molecule has 0 atom stereocenters. The van der Waals surface area contributed by atoms with Gasteiger partial charge in [-0.2, -0.15) is 0 Å². The molecular weight excluding hydrogens is 198 g/mol. The van der Waals surface area contributed by atoms with Crippen LogP contribution in [-0.2, 0) is 4.74 Å². The minimum absolute atomic E-state index is 0.0219. The number of ether oxygens (including phenoxy) is 1. The largest absolute Gasteiger partial charge is 0.379 e. The van der Waals surface area contributed by atoms with Crippen molar-refractivity contribution in [3.05, 3.63) is 0 Å². The Morgan fingerprint density at radius 2 is 1.56 bits per heavy atom. The van der Waals surface area contributed by atoms with Crippen LogP contribution in [0, 0.1) is 5.41 Å². The van der Waals surface area contributed by atoms with E-state index in [-0.39, 0.29) is 5.60 Å². The number of nitrogens with one attached hydrogen (secondary N) is 1. The molecule has 16 heavy (non-hydrogen) atoms. The first-order valence-electron chi connectivity index (χ1n) is 6.59. The summed E-state index contributed by atoms with van der Waals surface area (Å²) in [6, 6.07) is 0. The van der Waals surface area contributed by atoms with Gasteiger partial charge >= 0.3 is 0 Å². The van der Waals surface area contributed by atoms with E-state index in [0.29, 0.717) is 5.41 Å². The van der Waals surface area contributed by atoms with Gasteiger partial charge in [0.05, 0.1) is 5.60 Å². The summed E-state index contributed by atoms with van der Waals surface area (Å²) in [5.41, 5.74) is 0.435. The fourth-order valence-corrected chi connectivity index (χ4v) is 1.60. The van der Waals surface area contributed by atoms with E-state index < -0.39 is 0 Å². The number of hydrogen-bond acceptors (Lipinski definition) is 2. The molecule has 0 aromatic heterocycles. The van der Waals surface area contributed by atoms with Gasteiger partial charge in [-0.05, 0) is 58.0 Å². The molecule has 1 N–H and O–H groups in total. The molecule has 0 aromatic rings. The molecule has 0 aliphatic carbocycles. The molecule has 0 saturated heterocycles. The second-order valence-corrected chi connectivity index (χ2v) is 6.13. The molecule has 0 fully saturated rings. The Kier molecular flexibility index (Phi) is 7.25. The summed E-state index contributed by atoms with van der Waals surface area (Å²) in [4.78, 5) is 0. The summed E-state index contributed by atoms with van der Waals surface area (Å²) in [7, 11) is 1.80. The first kappa shape index (κ1) is 15.9. The summed E-state index contributed by atoms with van der Waals surface area (Å²) in [6.45, 7) is 13.5. The zero-order valence-corrected chi connectivity index (χ0v) is 12.2. The van der Waals surface area contributed by atoms with Gasteiger partial charge in [-0.25, -0.2) is 0 Å². The average Bonchev–Trinajstić information content (AvgIpc) is 2.22. The molecule has 0 rings (SSSR count). The predicted molar refractivity (Wildman–Crippen MR) is 71.9 cm³/mol. The van der Waals surface area contributed by atoms with Crippen molar-refractivity contribution >= 4 is 0 Å². The van der Waals surface area contributed by atoms with Crippen molar-refractivity contribution < 1.29 is 4.74 Å². The lowest BCUT2D eigenvalue weighted by Crippen LogP contribution is -2.28. The lowest BCUT2D eigenvalue weighted by molar-refractivity contribution is 0.00532. The van der Waals surface area contributed by atoms with Crippen molar-refractivity contribution in [1.82, 2.24) is 5.32 Å². The van der Waals surface area contributed by atoms with Crippen molar-refractivity contribution in [3.63, 3.8) is 0 Å². The van der Waals surface area contributed by atoms with Gasteiger partial charge in [0.2, 0.25) is 0 Å². The fraction of sp³-hybridized carbons (Fsp3) is 1.00. The summed E-state index contributed by atoms with van der Waals surface area (Å²) < 4.78 is 5.46. The van der Waals surface area contributed by atoms with Gasteiger partial charge in [-0.3, -0.25) is 0 Å². The van der Waals surface area contributed by atoms with Crippen LogP contribution in [0.4, 0.5) is 0 Å². The highest BCUT2D eigenvalue weighted by Crippen LogP contribution is 2.30. The molecule has 0 radical (unpaired) electrons. The van der Waals surface area contributed by atoms with Gasteiger partial charge in [0.1, 0.15) is 0 Å².